The van der Waals surface area contributed by atoms with Gasteiger partial charge in [-0.2, -0.15) is 16.1 Å². The summed E-state index contributed by atoms with van der Waals surface area (Å²) in [5, 5.41) is 27.3. The molecule has 1 saturated carbocycles. The largest absolute Gasteiger partial charge is 0.480 e. The van der Waals surface area contributed by atoms with E-state index in [1.165, 1.54) is 11.3 Å². The number of carboxylic acid groups (broad SMARTS) is 1. The average Bonchev–Trinajstić information content (AvgIpc) is 3.03. The number of amides is 1. The molecule has 0 aromatic carbocycles. The Morgan fingerprint density at radius 2 is 2.29 bits per heavy atom. The molecule has 21 heavy (non-hydrogen) atoms. The van der Waals surface area contributed by atoms with Crippen molar-refractivity contribution < 1.29 is 14.7 Å². The van der Waals surface area contributed by atoms with E-state index < -0.39 is 17.4 Å². The number of carbonyl (C=O) groups excluding carboxylic acids is 1. The summed E-state index contributed by atoms with van der Waals surface area (Å²) >= 11 is 1.52. The summed E-state index contributed by atoms with van der Waals surface area (Å²) in [7, 11) is 0. The third-order valence-electron chi connectivity index (χ3n) is 3.51. The molecule has 2 N–H and O–H groups in total. The van der Waals surface area contributed by atoms with Gasteiger partial charge in [-0.3, -0.25) is 4.79 Å². The molecule has 0 aliphatic heterocycles. The van der Waals surface area contributed by atoms with E-state index in [0.717, 1.165) is 16.8 Å². The van der Waals surface area contributed by atoms with Crippen LogP contribution in [-0.2, 0) is 16.1 Å². The normalized spacial score (nSPS) is 16.2. The van der Waals surface area contributed by atoms with E-state index in [1.54, 1.807) is 0 Å². The molecule has 0 atom stereocenters. The number of aliphatic carboxylic acids is 1. The van der Waals surface area contributed by atoms with Crippen LogP contribution in [0, 0.1) is 0 Å². The second-order valence-electron chi connectivity index (χ2n) is 4.94. The Morgan fingerprint density at radius 1 is 1.48 bits per heavy atom. The van der Waals surface area contributed by atoms with Crippen LogP contribution in [0.25, 0.3) is 11.4 Å². The average molecular weight is 307 g/mol. The summed E-state index contributed by atoms with van der Waals surface area (Å²) in [6.45, 7) is -0.147. The van der Waals surface area contributed by atoms with Gasteiger partial charge in [-0.15, -0.1) is 10.2 Å². The molecule has 1 fully saturated rings. The molecule has 0 saturated heterocycles. The lowest BCUT2D eigenvalue weighted by molar-refractivity contribution is -0.152. The van der Waals surface area contributed by atoms with Crippen LogP contribution in [-0.4, -0.2) is 42.7 Å². The third kappa shape index (κ3) is 2.64. The van der Waals surface area contributed by atoms with Crippen molar-refractivity contribution in [2.45, 2.75) is 31.3 Å². The van der Waals surface area contributed by atoms with E-state index in [-0.39, 0.29) is 6.54 Å². The van der Waals surface area contributed by atoms with E-state index >= 15 is 0 Å². The predicted octanol–water partition coefficient (Wildman–Crippen LogP) is 0.525. The van der Waals surface area contributed by atoms with Gasteiger partial charge in [0.2, 0.25) is 11.7 Å². The fourth-order valence-electron chi connectivity index (χ4n) is 2.17. The van der Waals surface area contributed by atoms with E-state index in [2.05, 4.69) is 20.7 Å². The zero-order valence-corrected chi connectivity index (χ0v) is 11.8. The second kappa shape index (κ2) is 5.24. The minimum absolute atomic E-state index is 0.147. The van der Waals surface area contributed by atoms with E-state index in [4.69, 9.17) is 5.11 Å². The fraction of sp³-hybridized carbons (Fsp3) is 0.417. The molecule has 1 aliphatic carbocycles. The van der Waals surface area contributed by atoms with Gasteiger partial charge in [0.15, 0.2) is 0 Å². The fourth-order valence-corrected chi connectivity index (χ4v) is 2.81. The third-order valence-corrected chi connectivity index (χ3v) is 4.20. The maximum absolute atomic E-state index is 11.9. The molecule has 9 heteroatoms. The predicted molar refractivity (Wildman–Crippen MR) is 73.5 cm³/mol. The molecule has 110 valence electrons. The highest BCUT2D eigenvalue weighted by molar-refractivity contribution is 7.08. The van der Waals surface area contributed by atoms with Gasteiger partial charge in [0, 0.05) is 10.9 Å². The number of thiophene rings is 1. The zero-order valence-electron chi connectivity index (χ0n) is 11.0. The number of aromatic nitrogens is 4. The highest BCUT2D eigenvalue weighted by atomic mass is 32.1. The van der Waals surface area contributed by atoms with Crippen LogP contribution in [0.4, 0.5) is 0 Å². The van der Waals surface area contributed by atoms with Crippen LogP contribution in [0.2, 0.25) is 0 Å². The van der Waals surface area contributed by atoms with Crippen molar-refractivity contribution in [3.8, 4) is 11.4 Å². The number of carboxylic acids is 1. The van der Waals surface area contributed by atoms with Gasteiger partial charge in [-0.05, 0) is 35.9 Å². The van der Waals surface area contributed by atoms with Crippen molar-refractivity contribution >= 4 is 23.2 Å². The molecule has 2 aromatic heterocycles. The van der Waals surface area contributed by atoms with Gasteiger partial charge in [-0.1, -0.05) is 0 Å². The number of rotatable bonds is 5. The quantitative estimate of drug-likeness (QED) is 0.833. The van der Waals surface area contributed by atoms with E-state index in [1.807, 2.05) is 16.8 Å². The molecule has 0 unspecified atom stereocenters. The Balaban J connectivity index is 1.64. The van der Waals surface area contributed by atoms with Crippen LogP contribution in [0.15, 0.2) is 16.8 Å². The van der Waals surface area contributed by atoms with Crippen LogP contribution in [0.5, 0.6) is 0 Å². The van der Waals surface area contributed by atoms with Gasteiger partial charge in [0.05, 0.1) is 0 Å². The van der Waals surface area contributed by atoms with Crippen molar-refractivity contribution in [1.29, 1.82) is 0 Å². The lowest BCUT2D eigenvalue weighted by atomic mass is 9.77. The molecule has 0 radical (unpaired) electrons. The Labute approximate surface area is 123 Å². The molecule has 8 nitrogen and oxygen atoms in total. The number of nitrogens with one attached hydrogen (secondary N) is 1. The molecular weight excluding hydrogens is 294 g/mol. The first-order valence-electron chi connectivity index (χ1n) is 6.44. The Kier molecular flexibility index (Phi) is 3.42. The zero-order chi connectivity index (χ0) is 14.9. The van der Waals surface area contributed by atoms with Crippen molar-refractivity contribution in [3.63, 3.8) is 0 Å². The molecule has 2 aromatic rings. The standard InChI is InChI=1S/C12H13N5O3S/c18-9(13-12(11(19)20)3-1-4-12)6-17-15-10(14-16-17)8-2-5-21-7-8/h2,5,7H,1,3-4,6H2,(H,13,18)(H,19,20). The van der Waals surface area contributed by atoms with Gasteiger partial charge >= 0.3 is 5.97 Å². The molecule has 2 heterocycles. The van der Waals surface area contributed by atoms with E-state index in [0.29, 0.717) is 18.7 Å². The monoisotopic (exact) mass is 307 g/mol. The number of hydrogen-bond acceptors (Lipinski definition) is 6. The van der Waals surface area contributed by atoms with Crippen molar-refractivity contribution in [2.75, 3.05) is 0 Å². The first-order chi connectivity index (χ1) is 10.1. The van der Waals surface area contributed by atoms with Gasteiger partial charge in [-0.25, -0.2) is 4.79 Å². The summed E-state index contributed by atoms with van der Waals surface area (Å²) in [5.41, 5.74) is -0.277. The minimum Gasteiger partial charge on any atom is -0.480 e. The van der Waals surface area contributed by atoms with Crippen LogP contribution < -0.4 is 5.32 Å². The summed E-state index contributed by atoms with van der Waals surface area (Å²) in [4.78, 5) is 24.3. The lowest BCUT2D eigenvalue weighted by Crippen LogP contribution is -2.59. The highest BCUT2D eigenvalue weighted by Gasteiger charge is 2.45. The molecular formula is C12H13N5O3S. The van der Waals surface area contributed by atoms with E-state index in [9.17, 15) is 9.59 Å². The first-order valence-corrected chi connectivity index (χ1v) is 7.38. The van der Waals surface area contributed by atoms with Crippen molar-refractivity contribution in [1.82, 2.24) is 25.5 Å². The summed E-state index contributed by atoms with van der Waals surface area (Å²) < 4.78 is 0. The SMILES string of the molecule is O=C(Cn1nnc(-c2ccsc2)n1)NC1(C(=O)O)CCC1. The Bertz CT molecular complexity index is 662. The van der Waals surface area contributed by atoms with Crippen molar-refractivity contribution in [3.05, 3.63) is 16.8 Å². The number of tetrazole rings is 1. The molecule has 3 rings (SSSR count). The van der Waals surface area contributed by atoms with Gasteiger partial charge in [0.1, 0.15) is 12.1 Å². The summed E-state index contributed by atoms with van der Waals surface area (Å²) in [6, 6.07) is 1.86. The maximum Gasteiger partial charge on any atom is 0.329 e. The minimum atomic E-state index is -1.12. The molecule has 1 amide bonds. The molecule has 0 bridgehead atoms. The number of nitrogens with zero attached hydrogens (tertiary/aromatic N) is 4. The Morgan fingerprint density at radius 3 is 2.86 bits per heavy atom. The van der Waals surface area contributed by atoms with Gasteiger partial charge < -0.3 is 10.4 Å². The summed E-state index contributed by atoms with van der Waals surface area (Å²) in [6.07, 6.45) is 1.72. The van der Waals surface area contributed by atoms with Crippen LogP contribution in [0.3, 0.4) is 0 Å². The topological polar surface area (TPSA) is 110 Å². The van der Waals surface area contributed by atoms with Crippen molar-refractivity contribution in [2.24, 2.45) is 0 Å². The Hall–Kier alpha value is -2.29. The first kappa shape index (κ1) is 13.7. The molecule has 0 spiro atoms. The van der Waals surface area contributed by atoms with Crippen LogP contribution >= 0.6 is 11.3 Å². The lowest BCUT2D eigenvalue weighted by Gasteiger charge is -2.38. The molecule has 1 aliphatic rings. The summed E-state index contributed by atoms with van der Waals surface area (Å²) in [5.74, 6) is -0.973. The highest BCUT2D eigenvalue weighted by Crippen LogP contribution is 2.31. The van der Waals surface area contributed by atoms with Crippen LogP contribution in [0.1, 0.15) is 19.3 Å². The number of carbonyl (C=O) groups is 2. The number of hydrogen-bond donors (Lipinski definition) is 2. The smallest absolute Gasteiger partial charge is 0.329 e. The second-order valence-corrected chi connectivity index (χ2v) is 5.72. The maximum atomic E-state index is 11.9. The van der Waals surface area contributed by atoms with Gasteiger partial charge in [0.25, 0.3) is 0 Å².